The Balaban J connectivity index is 1.40. The summed E-state index contributed by atoms with van der Waals surface area (Å²) < 4.78 is 30.7. The van der Waals surface area contributed by atoms with E-state index in [0.717, 1.165) is 25.0 Å². The fraction of sp³-hybridized carbons (Fsp3) is 0.320. The summed E-state index contributed by atoms with van der Waals surface area (Å²) in [6.07, 6.45) is 3.99. The van der Waals surface area contributed by atoms with Crippen LogP contribution in [0.25, 0.3) is 0 Å². The number of hydrogen-bond donors (Lipinski definition) is 0. The highest BCUT2D eigenvalue weighted by molar-refractivity contribution is 5.91. The number of benzene rings is 2. The van der Waals surface area contributed by atoms with Crippen molar-refractivity contribution in [2.24, 2.45) is 0 Å². The van der Waals surface area contributed by atoms with Gasteiger partial charge in [-0.15, -0.1) is 0 Å². The standard InChI is InChI=1S/C25H26FNO4/c26-23-10-2-1-7-20(23)12-15-30-21-8-3-6-19(16-21)17-27(18-22-9-4-13-29-22)25(28)24-11-5-14-31-24/h1-3,5-8,10-11,14,16,22H,4,9,12-13,15,17-18H2/t22-/m0/s1. The van der Waals surface area contributed by atoms with Gasteiger partial charge >= 0.3 is 0 Å². The molecular formula is C25H26FNO4. The Morgan fingerprint density at radius 2 is 2.03 bits per heavy atom. The van der Waals surface area contributed by atoms with Gasteiger partial charge in [-0.2, -0.15) is 0 Å². The predicted molar refractivity (Wildman–Crippen MR) is 114 cm³/mol. The van der Waals surface area contributed by atoms with E-state index in [9.17, 15) is 9.18 Å². The zero-order valence-corrected chi connectivity index (χ0v) is 17.3. The number of amides is 1. The summed E-state index contributed by atoms with van der Waals surface area (Å²) >= 11 is 0. The predicted octanol–water partition coefficient (Wildman–Crippen LogP) is 4.86. The van der Waals surface area contributed by atoms with Crippen molar-refractivity contribution in [3.05, 3.63) is 89.6 Å². The van der Waals surface area contributed by atoms with Gasteiger partial charge in [-0.05, 0) is 54.3 Å². The molecule has 5 nitrogen and oxygen atoms in total. The molecule has 1 atom stereocenters. The van der Waals surface area contributed by atoms with E-state index >= 15 is 0 Å². The minimum Gasteiger partial charge on any atom is -0.493 e. The maximum absolute atomic E-state index is 13.8. The number of furan rings is 1. The van der Waals surface area contributed by atoms with Crippen molar-refractivity contribution in [2.75, 3.05) is 19.8 Å². The largest absolute Gasteiger partial charge is 0.493 e. The SMILES string of the molecule is O=C(c1ccco1)N(Cc1cccc(OCCc2ccccc2F)c1)C[C@@H]1CCCO1. The van der Waals surface area contributed by atoms with Crippen molar-refractivity contribution < 1.29 is 23.1 Å². The molecule has 162 valence electrons. The highest BCUT2D eigenvalue weighted by Crippen LogP contribution is 2.20. The molecule has 0 aliphatic carbocycles. The summed E-state index contributed by atoms with van der Waals surface area (Å²) in [7, 11) is 0. The smallest absolute Gasteiger partial charge is 0.289 e. The lowest BCUT2D eigenvalue weighted by Crippen LogP contribution is -2.36. The lowest BCUT2D eigenvalue weighted by Gasteiger charge is -2.25. The molecule has 0 unspecified atom stereocenters. The second kappa shape index (κ2) is 10.3. The monoisotopic (exact) mass is 423 g/mol. The summed E-state index contributed by atoms with van der Waals surface area (Å²) in [6.45, 7) is 2.04. The van der Waals surface area contributed by atoms with Gasteiger partial charge in [-0.1, -0.05) is 30.3 Å². The van der Waals surface area contributed by atoms with Crippen LogP contribution in [0.4, 0.5) is 4.39 Å². The van der Waals surface area contributed by atoms with Gasteiger partial charge in [-0.25, -0.2) is 4.39 Å². The molecule has 0 spiro atoms. The lowest BCUT2D eigenvalue weighted by atomic mass is 10.1. The molecule has 1 amide bonds. The third-order valence-electron chi connectivity index (χ3n) is 5.34. The maximum atomic E-state index is 13.8. The highest BCUT2D eigenvalue weighted by atomic mass is 19.1. The average Bonchev–Trinajstić information content (AvgIpc) is 3.49. The Morgan fingerprint density at radius 3 is 2.81 bits per heavy atom. The Hall–Kier alpha value is -3.12. The summed E-state index contributed by atoms with van der Waals surface area (Å²) in [6, 6.07) is 17.7. The molecule has 0 radical (unpaired) electrons. The van der Waals surface area contributed by atoms with Crippen LogP contribution in [0.2, 0.25) is 0 Å². The molecule has 1 aliphatic heterocycles. The number of rotatable bonds is 9. The van der Waals surface area contributed by atoms with Gasteiger partial charge in [0, 0.05) is 26.1 Å². The Bertz CT molecular complexity index is 983. The molecule has 0 saturated carbocycles. The summed E-state index contributed by atoms with van der Waals surface area (Å²) in [5.74, 6) is 0.624. The Labute approximate surface area is 181 Å². The molecule has 1 aromatic heterocycles. The molecule has 1 saturated heterocycles. The van der Waals surface area contributed by atoms with Crippen molar-refractivity contribution in [1.29, 1.82) is 0 Å². The molecule has 6 heteroatoms. The first-order chi connectivity index (χ1) is 15.2. The topological polar surface area (TPSA) is 51.9 Å². The molecule has 0 bridgehead atoms. The van der Waals surface area contributed by atoms with Crippen molar-refractivity contribution >= 4 is 5.91 Å². The number of halogens is 1. The van der Waals surface area contributed by atoms with Gasteiger partial charge in [0.05, 0.1) is 19.0 Å². The van der Waals surface area contributed by atoms with Crippen molar-refractivity contribution in [2.45, 2.75) is 31.9 Å². The van der Waals surface area contributed by atoms with E-state index in [0.29, 0.717) is 43.2 Å². The molecular weight excluding hydrogens is 397 g/mol. The maximum Gasteiger partial charge on any atom is 0.289 e. The van der Waals surface area contributed by atoms with Crippen LogP contribution in [0.15, 0.2) is 71.3 Å². The highest BCUT2D eigenvalue weighted by Gasteiger charge is 2.25. The summed E-state index contributed by atoms with van der Waals surface area (Å²) in [5, 5.41) is 0. The normalized spacial score (nSPS) is 15.7. The van der Waals surface area contributed by atoms with Crippen LogP contribution < -0.4 is 4.74 Å². The van der Waals surface area contributed by atoms with E-state index in [1.54, 1.807) is 29.2 Å². The minimum atomic E-state index is -0.221. The molecule has 31 heavy (non-hydrogen) atoms. The summed E-state index contributed by atoms with van der Waals surface area (Å²) in [5.41, 5.74) is 1.58. The molecule has 4 rings (SSSR count). The lowest BCUT2D eigenvalue weighted by molar-refractivity contribution is 0.0484. The second-order valence-corrected chi connectivity index (χ2v) is 7.64. The molecule has 1 fully saturated rings. The Kier molecular flexibility index (Phi) is 6.99. The van der Waals surface area contributed by atoms with Gasteiger partial charge in [0.1, 0.15) is 11.6 Å². The first kappa shape index (κ1) is 21.1. The van der Waals surface area contributed by atoms with Crippen LogP contribution >= 0.6 is 0 Å². The van der Waals surface area contributed by atoms with Gasteiger partial charge < -0.3 is 18.8 Å². The zero-order valence-electron chi connectivity index (χ0n) is 17.3. The molecule has 1 aliphatic rings. The third kappa shape index (κ3) is 5.73. The van der Waals surface area contributed by atoms with E-state index in [1.165, 1.54) is 12.3 Å². The number of hydrogen-bond acceptors (Lipinski definition) is 4. The van der Waals surface area contributed by atoms with E-state index in [4.69, 9.17) is 13.9 Å². The first-order valence-corrected chi connectivity index (χ1v) is 10.6. The second-order valence-electron chi connectivity index (χ2n) is 7.64. The number of nitrogens with zero attached hydrogens (tertiary/aromatic N) is 1. The first-order valence-electron chi connectivity index (χ1n) is 10.6. The van der Waals surface area contributed by atoms with Crippen LogP contribution in [0, 0.1) is 5.82 Å². The van der Waals surface area contributed by atoms with Gasteiger partial charge in [0.2, 0.25) is 0 Å². The molecule has 0 N–H and O–H groups in total. The molecule has 2 heterocycles. The number of carbonyl (C=O) groups is 1. The fourth-order valence-electron chi connectivity index (χ4n) is 3.74. The van der Waals surface area contributed by atoms with Crippen LogP contribution in [-0.2, 0) is 17.7 Å². The van der Waals surface area contributed by atoms with Crippen molar-refractivity contribution in [3.8, 4) is 5.75 Å². The average molecular weight is 423 g/mol. The third-order valence-corrected chi connectivity index (χ3v) is 5.34. The van der Waals surface area contributed by atoms with Crippen LogP contribution in [0.3, 0.4) is 0 Å². The number of carbonyl (C=O) groups excluding carboxylic acids is 1. The van der Waals surface area contributed by atoms with Crippen LogP contribution in [-0.4, -0.2) is 36.7 Å². The van der Waals surface area contributed by atoms with E-state index in [1.807, 2.05) is 30.3 Å². The van der Waals surface area contributed by atoms with Gasteiger partial charge in [0.15, 0.2) is 5.76 Å². The fourth-order valence-corrected chi connectivity index (χ4v) is 3.74. The van der Waals surface area contributed by atoms with Gasteiger partial charge in [0.25, 0.3) is 5.91 Å². The minimum absolute atomic E-state index is 0.0408. The molecule has 2 aromatic carbocycles. The van der Waals surface area contributed by atoms with Gasteiger partial charge in [-0.3, -0.25) is 4.79 Å². The van der Waals surface area contributed by atoms with Crippen LogP contribution in [0.5, 0.6) is 5.75 Å². The van der Waals surface area contributed by atoms with E-state index < -0.39 is 0 Å². The van der Waals surface area contributed by atoms with Crippen LogP contribution in [0.1, 0.15) is 34.5 Å². The Morgan fingerprint density at radius 1 is 1.13 bits per heavy atom. The number of ether oxygens (including phenoxy) is 2. The van der Waals surface area contributed by atoms with E-state index in [2.05, 4.69) is 0 Å². The summed E-state index contributed by atoms with van der Waals surface area (Å²) in [4.78, 5) is 14.7. The zero-order chi connectivity index (χ0) is 21.5. The molecule has 3 aromatic rings. The quantitative estimate of drug-likeness (QED) is 0.493. The van der Waals surface area contributed by atoms with Crippen molar-refractivity contribution in [3.63, 3.8) is 0 Å². The van der Waals surface area contributed by atoms with Crippen molar-refractivity contribution in [1.82, 2.24) is 4.90 Å². The van der Waals surface area contributed by atoms with E-state index in [-0.39, 0.29) is 17.8 Å².